The van der Waals surface area contributed by atoms with Gasteiger partial charge < -0.3 is 16.0 Å². The lowest BCUT2D eigenvalue weighted by atomic mass is 10.0. The number of nitrogen functional groups attached to an aromatic ring is 1. The molecule has 0 fully saturated rings. The summed E-state index contributed by atoms with van der Waals surface area (Å²) in [7, 11) is 0. The van der Waals surface area contributed by atoms with Gasteiger partial charge in [0.05, 0.1) is 11.6 Å². The number of aromatic nitrogens is 4. The third kappa shape index (κ3) is 3.81. The van der Waals surface area contributed by atoms with Crippen molar-refractivity contribution in [1.82, 2.24) is 19.9 Å². The van der Waals surface area contributed by atoms with E-state index in [1.807, 2.05) is 6.92 Å². The molecule has 8 heteroatoms. The van der Waals surface area contributed by atoms with E-state index in [-0.39, 0.29) is 17.8 Å². The Morgan fingerprint density at radius 3 is 2.46 bits per heavy atom. The summed E-state index contributed by atoms with van der Waals surface area (Å²) in [4.78, 5) is 19.5. The third-order valence-electron chi connectivity index (χ3n) is 4.82. The molecule has 1 aromatic carbocycles. The number of rotatable bonds is 6. The Labute approximate surface area is 164 Å². The summed E-state index contributed by atoms with van der Waals surface area (Å²) in [5.41, 5.74) is 7.96. The normalized spacial score (nSPS) is 12.2. The molecule has 0 saturated carbocycles. The van der Waals surface area contributed by atoms with E-state index in [4.69, 9.17) is 10.7 Å². The van der Waals surface area contributed by atoms with Crippen LogP contribution in [0.1, 0.15) is 43.8 Å². The van der Waals surface area contributed by atoms with Crippen molar-refractivity contribution in [2.24, 2.45) is 0 Å². The van der Waals surface area contributed by atoms with E-state index >= 15 is 0 Å². The van der Waals surface area contributed by atoms with Crippen molar-refractivity contribution < 1.29 is 4.39 Å². The van der Waals surface area contributed by atoms with E-state index in [0.717, 1.165) is 29.9 Å². The summed E-state index contributed by atoms with van der Waals surface area (Å²) in [5.74, 6) is 1.71. The van der Waals surface area contributed by atoms with Crippen molar-refractivity contribution >= 4 is 28.6 Å². The Morgan fingerprint density at radius 2 is 1.82 bits per heavy atom. The molecule has 2 aromatic heterocycles. The molecule has 0 saturated heterocycles. The summed E-state index contributed by atoms with van der Waals surface area (Å²) in [6, 6.07) is 5.16. The van der Waals surface area contributed by atoms with Gasteiger partial charge in [0.25, 0.3) is 0 Å². The number of nitrogens with zero attached hydrogens (tertiary/aromatic N) is 5. The minimum Gasteiger partial charge on any atom is -0.368 e. The molecular formula is C20H26FN7. The first kappa shape index (κ1) is 19.7. The van der Waals surface area contributed by atoms with E-state index in [2.05, 4.69) is 45.1 Å². The highest BCUT2D eigenvalue weighted by Gasteiger charge is 2.19. The first-order valence-electron chi connectivity index (χ1n) is 9.43. The van der Waals surface area contributed by atoms with Crippen molar-refractivity contribution in [2.45, 2.75) is 40.7 Å². The highest BCUT2D eigenvalue weighted by Crippen LogP contribution is 2.31. The zero-order valence-electron chi connectivity index (χ0n) is 16.9. The summed E-state index contributed by atoms with van der Waals surface area (Å²) in [6.07, 6.45) is 0. The number of fused-ring (bicyclic) bond motifs is 1. The van der Waals surface area contributed by atoms with Crippen LogP contribution in [0, 0.1) is 19.7 Å². The van der Waals surface area contributed by atoms with Gasteiger partial charge in [-0.2, -0.15) is 15.0 Å². The van der Waals surface area contributed by atoms with Gasteiger partial charge in [-0.1, -0.05) is 0 Å². The van der Waals surface area contributed by atoms with Gasteiger partial charge in [-0.15, -0.1) is 0 Å². The number of nitrogens with two attached hydrogens (primary N) is 1. The molecule has 0 aliphatic carbocycles. The van der Waals surface area contributed by atoms with Crippen LogP contribution in [0.5, 0.6) is 0 Å². The lowest BCUT2D eigenvalue weighted by Crippen LogP contribution is -2.26. The Kier molecular flexibility index (Phi) is 5.58. The van der Waals surface area contributed by atoms with E-state index in [1.165, 1.54) is 6.07 Å². The Bertz CT molecular complexity index is 981. The van der Waals surface area contributed by atoms with Crippen molar-refractivity contribution in [3.63, 3.8) is 0 Å². The van der Waals surface area contributed by atoms with Gasteiger partial charge in [-0.3, -0.25) is 0 Å². The Balaban J connectivity index is 2.11. The van der Waals surface area contributed by atoms with Gasteiger partial charge in [0.2, 0.25) is 11.9 Å². The summed E-state index contributed by atoms with van der Waals surface area (Å²) in [5, 5.41) is 4.18. The van der Waals surface area contributed by atoms with Crippen molar-refractivity contribution in [3.8, 4) is 0 Å². The summed E-state index contributed by atoms with van der Waals surface area (Å²) >= 11 is 0. The minimum atomic E-state index is -0.249. The fourth-order valence-corrected chi connectivity index (χ4v) is 3.30. The van der Waals surface area contributed by atoms with Crippen LogP contribution in [-0.2, 0) is 0 Å². The van der Waals surface area contributed by atoms with Crippen LogP contribution < -0.4 is 16.0 Å². The molecule has 0 amide bonds. The number of hydrogen-bond acceptors (Lipinski definition) is 7. The maximum atomic E-state index is 14.1. The molecule has 1 unspecified atom stereocenters. The number of halogens is 1. The maximum absolute atomic E-state index is 14.1. The zero-order valence-corrected chi connectivity index (χ0v) is 16.9. The maximum Gasteiger partial charge on any atom is 0.228 e. The van der Waals surface area contributed by atoms with E-state index < -0.39 is 0 Å². The van der Waals surface area contributed by atoms with Crippen molar-refractivity contribution in [3.05, 3.63) is 41.0 Å². The molecule has 1 atom stereocenters. The molecule has 0 aliphatic rings. The fourth-order valence-electron chi connectivity index (χ4n) is 3.30. The first-order chi connectivity index (χ1) is 13.3. The van der Waals surface area contributed by atoms with Gasteiger partial charge in [0.15, 0.2) is 0 Å². The van der Waals surface area contributed by atoms with Crippen LogP contribution in [-0.4, -0.2) is 33.0 Å². The van der Waals surface area contributed by atoms with Crippen LogP contribution in [0.15, 0.2) is 18.2 Å². The predicted octanol–water partition coefficient (Wildman–Crippen LogP) is 3.78. The molecule has 3 N–H and O–H groups in total. The van der Waals surface area contributed by atoms with Crippen LogP contribution in [0.2, 0.25) is 0 Å². The van der Waals surface area contributed by atoms with Gasteiger partial charge in [0, 0.05) is 29.6 Å². The topological polar surface area (TPSA) is 92.9 Å². The monoisotopic (exact) mass is 383 g/mol. The molecule has 0 bridgehead atoms. The number of aryl methyl sites for hydroxylation is 2. The molecular weight excluding hydrogens is 357 g/mol. The molecule has 7 nitrogen and oxygen atoms in total. The first-order valence-corrected chi connectivity index (χ1v) is 9.43. The number of anilines is 3. The average molecular weight is 383 g/mol. The van der Waals surface area contributed by atoms with Gasteiger partial charge in [-0.05, 0) is 52.8 Å². The van der Waals surface area contributed by atoms with E-state index in [9.17, 15) is 4.39 Å². The highest BCUT2D eigenvalue weighted by atomic mass is 19.1. The number of pyridine rings is 1. The van der Waals surface area contributed by atoms with Crippen LogP contribution in [0.4, 0.5) is 22.1 Å². The lowest BCUT2D eigenvalue weighted by Gasteiger charge is -2.26. The largest absolute Gasteiger partial charge is 0.368 e. The van der Waals surface area contributed by atoms with Gasteiger partial charge >= 0.3 is 0 Å². The molecule has 28 heavy (non-hydrogen) atoms. The predicted molar refractivity (Wildman–Crippen MR) is 111 cm³/mol. The molecule has 2 heterocycles. The molecule has 3 aromatic rings. The summed E-state index contributed by atoms with van der Waals surface area (Å²) < 4.78 is 14.1. The van der Waals surface area contributed by atoms with Crippen LogP contribution in [0.3, 0.4) is 0 Å². The average Bonchev–Trinajstić information content (AvgIpc) is 2.64. The fraction of sp³-hybridized carbons (Fsp3) is 0.400. The second-order valence-electron chi connectivity index (χ2n) is 6.75. The van der Waals surface area contributed by atoms with E-state index in [0.29, 0.717) is 22.9 Å². The number of hydrogen-bond donors (Lipinski definition) is 2. The Morgan fingerprint density at radius 1 is 1.11 bits per heavy atom. The van der Waals surface area contributed by atoms with Gasteiger partial charge in [-0.25, -0.2) is 9.37 Å². The van der Waals surface area contributed by atoms with E-state index in [1.54, 1.807) is 19.9 Å². The number of nitrogens with one attached hydrogen (secondary N) is 1. The minimum absolute atomic E-state index is 0.140. The van der Waals surface area contributed by atoms with Crippen LogP contribution in [0.25, 0.3) is 10.9 Å². The second-order valence-corrected chi connectivity index (χ2v) is 6.75. The quantitative estimate of drug-likeness (QED) is 0.669. The zero-order chi connectivity index (χ0) is 20.4. The molecule has 0 aliphatic heterocycles. The summed E-state index contributed by atoms with van der Waals surface area (Å²) in [6.45, 7) is 11.3. The third-order valence-corrected chi connectivity index (χ3v) is 4.82. The molecule has 0 radical (unpaired) electrons. The van der Waals surface area contributed by atoms with Crippen molar-refractivity contribution in [2.75, 3.05) is 29.0 Å². The lowest BCUT2D eigenvalue weighted by molar-refractivity contribution is 0.620. The molecule has 148 valence electrons. The van der Waals surface area contributed by atoms with Gasteiger partial charge in [0.1, 0.15) is 17.5 Å². The van der Waals surface area contributed by atoms with Crippen molar-refractivity contribution in [1.29, 1.82) is 0 Å². The Hall–Kier alpha value is -3.03. The SMILES string of the molecule is CCN(CC)c1nc2c(C)c(F)ccc2cc1C(C)Nc1nc(C)nc(N)n1. The molecule has 3 rings (SSSR count). The standard InChI is InChI=1S/C20H26FN7/c1-6-28(7-2)18-15(10-14-8-9-16(21)11(3)17(14)26-18)12(4)23-20-25-13(5)24-19(22)27-20/h8-10,12H,6-7H2,1-5H3,(H3,22,23,24,25,27). The van der Waals surface area contributed by atoms with Crippen LogP contribution >= 0.6 is 0 Å². The molecule has 0 spiro atoms. The highest BCUT2D eigenvalue weighted by molar-refractivity contribution is 5.85. The smallest absolute Gasteiger partial charge is 0.228 e. The second kappa shape index (κ2) is 7.92. The number of benzene rings is 1.